The summed E-state index contributed by atoms with van der Waals surface area (Å²) in [5, 5.41) is 2.75. The van der Waals surface area contributed by atoms with Crippen molar-refractivity contribution in [3.05, 3.63) is 35.9 Å². The van der Waals surface area contributed by atoms with Crippen LogP contribution in [-0.4, -0.2) is 38.2 Å². The number of nitrogens with one attached hydrogen (secondary N) is 1. The lowest BCUT2D eigenvalue weighted by Gasteiger charge is -2.36. The lowest BCUT2D eigenvalue weighted by molar-refractivity contribution is -0.145. The van der Waals surface area contributed by atoms with E-state index in [2.05, 4.69) is 5.32 Å². The topological polar surface area (TPSA) is 64.6 Å². The highest BCUT2D eigenvalue weighted by atomic mass is 16.5. The number of ether oxygens (including phenoxy) is 2. The molecule has 1 saturated heterocycles. The Morgan fingerprint density at radius 2 is 1.91 bits per heavy atom. The van der Waals surface area contributed by atoms with E-state index in [4.69, 9.17) is 9.47 Å². The SMILES string of the molecule is CCCCOC(=O)CNC(=O)C1(c2ccccc2)CCOCC1. The Kier molecular flexibility index (Phi) is 6.59. The first-order chi connectivity index (χ1) is 11.2. The zero-order valence-electron chi connectivity index (χ0n) is 13.7. The number of unbranched alkanes of at least 4 members (excludes halogenated alkanes) is 1. The van der Waals surface area contributed by atoms with Gasteiger partial charge in [-0.25, -0.2) is 0 Å². The van der Waals surface area contributed by atoms with E-state index >= 15 is 0 Å². The summed E-state index contributed by atoms with van der Waals surface area (Å²) >= 11 is 0. The second-order valence-corrected chi connectivity index (χ2v) is 5.82. The molecule has 0 unspecified atom stereocenters. The van der Waals surface area contributed by atoms with E-state index in [0.717, 1.165) is 18.4 Å². The van der Waals surface area contributed by atoms with Crippen molar-refractivity contribution in [2.75, 3.05) is 26.4 Å². The molecule has 1 amide bonds. The molecule has 2 rings (SSSR count). The number of benzene rings is 1. The fraction of sp³-hybridized carbons (Fsp3) is 0.556. The molecule has 0 bridgehead atoms. The lowest BCUT2D eigenvalue weighted by Crippen LogP contribution is -2.49. The van der Waals surface area contributed by atoms with Crippen LogP contribution in [0.4, 0.5) is 0 Å². The van der Waals surface area contributed by atoms with Gasteiger partial charge < -0.3 is 14.8 Å². The Labute approximate surface area is 137 Å². The molecule has 5 heteroatoms. The molecule has 5 nitrogen and oxygen atoms in total. The highest BCUT2D eigenvalue weighted by molar-refractivity contribution is 5.90. The molecule has 1 aromatic rings. The second kappa shape index (κ2) is 8.67. The fourth-order valence-corrected chi connectivity index (χ4v) is 2.83. The molecule has 0 spiro atoms. The average molecular weight is 319 g/mol. The van der Waals surface area contributed by atoms with E-state index in [0.29, 0.717) is 32.7 Å². The van der Waals surface area contributed by atoms with E-state index in [1.165, 1.54) is 0 Å². The van der Waals surface area contributed by atoms with Crippen molar-refractivity contribution in [3.8, 4) is 0 Å². The van der Waals surface area contributed by atoms with Gasteiger partial charge in [0, 0.05) is 13.2 Å². The average Bonchev–Trinajstić information content (AvgIpc) is 2.61. The smallest absolute Gasteiger partial charge is 0.325 e. The number of carbonyl (C=O) groups is 2. The minimum Gasteiger partial charge on any atom is -0.464 e. The van der Waals surface area contributed by atoms with E-state index < -0.39 is 5.41 Å². The summed E-state index contributed by atoms with van der Waals surface area (Å²) in [6.45, 7) is 3.44. The summed E-state index contributed by atoms with van der Waals surface area (Å²) in [4.78, 5) is 24.5. The van der Waals surface area contributed by atoms with Gasteiger partial charge in [0.25, 0.3) is 0 Å². The lowest BCUT2D eigenvalue weighted by atomic mass is 9.73. The largest absolute Gasteiger partial charge is 0.464 e. The molecule has 1 aromatic carbocycles. The van der Waals surface area contributed by atoms with E-state index in [1.54, 1.807) is 0 Å². The van der Waals surface area contributed by atoms with E-state index in [9.17, 15) is 9.59 Å². The zero-order chi connectivity index (χ0) is 16.5. The monoisotopic (exact) mass is 319 g/mol. The van der Waals surface area contributed by atoms with Crippen molar-refractivity contribution >= 4 is 11.9 Å². The van der Waals surface area contributed by atoms with Crippen LogP contribution >= 0.6 is 0 Å². The predicted octanol–water partition coefficient (Wildman–Crippen LogP) is 2.19. The van der Waals surface area contributed by atoms with Crippen molar-refractivity contribution in [2.24, 2.45) is 0 Å². The quantitative estimate of drug-likeness (QED) is 0.618. The van der Waals surface area contributed by atoms with Crippen molar-refractivity contribution in [1.82, 2.24) is 5.32 Å². The van der Waals surface area contributed by atoms with E-state index in [-0.39, 0.29) is 18.4 Å². The molecule has 1 heterocycles. The van der Waals surface area contributed by atoms with E-state index in [1.807, 2.05) is 37.3 Å². The molecular formula is C18H25NO4. The number of hydrogen-bond acceptors (Lipinski definition) is 4. The van der Waals surface area contributed by atoms with Gasteiger partial charge in [0.15, 0.2) is 0 Å². The van der Waals surface area contributed by atoms with Gasteiger partial charge in [-0.1, -0.05) is 43.7 Å². The van der Waals surface area contributed by atoms with Gasteiger partial charge in [0.05, 0.1) is 12.0 Å². The fourth-order valence-electron chi connectivity index (χ4n) is 2.83. The standard InChI is InChI=1S/C18H25NO4/c1-2-3-11-23-16(20)14-19-17(21)18(9-12-22-13-10-18)15-7-5-4-6-8-15/h4-8H,2-3,9-14H2,1H3,(H,19,21). The van der Waals surface area contributed by atoms with Crippen LogP contribution in [0, 0.1) is 0 Å². The van der Waals surface area contributed by atoms with Crippen molar-refractivity contribution in [3.63, 3.8) is 0 Å². The summed E-state index contributed by atoms with van der Waals surface area (Å²) < 4.78 is 10.5. The van der Waals surface area contributed by atoms with Crippen LogP contribution in [-0.2, 0) is 24.5 Å². The molecule has 1 fully saturated rings. The second-order valence-electron chi connectivity index (χ2n) is 5.82. The summed E-state index contributed by atoms with van der Waals surface area (Å²) in [5.74, 6) is -0.512. The minimum absolute atomic E-state index is 0.0853. The number of rotatable bonds is 7. The Morgan fingerprint density at radius 1 is 1.22 bits per heavy atom. The molecule has 23 heavy (non-hydrogen) atoms. The number of esters is 1. The van der Waals surface area contributed by atoms with Crippen LogP contribution in [0.15, 0.2) is 30.3 Å². The molecule has 0 atom stereocenters. The van der Waals surface area contributed by atoms with Gasteiger partial charge in [-0.05, 0) is 24.8 Å². The summed E-state index contributed by atoms with van der Waals surface area (Å²) in [6.07, 6.45) is 3.04. The summed E-state index contributed by atoms with van der Waals surface area (Å²) in [6, 6.07) is 9.71. The van der Waals surface area contributed by atoms with Crippen molar-refractivity contribution < 1.29 is 19.1 Å². The Balaban J connectivity index is 1.99. The van der Waals surface area contributed by atoms with Crippen molar-refractivity contribution in [2.45, 2.75) is 38.0 Å². The first-order valence-corrected chi connectivity index (χ1v) is 8.26. The molecule has 0 saturated carbocycles. The first kappa shape index (κ1) is 17.5. The molecule has 126 valence electrons. The molecule has 1 N–H and O–H groups in total. The minimum atomic E-state index is -0.622. The summed E-state index contributed by atoms with van der Waals surface area (Å²) in [5.41, 5.74) is 0.351. The van der Waals surface area contributed by atoms with Gasteiger partial charge in [-0.15, -0.1) is 0 Å². The molecule has 1 aliphatic heterocycles. The van der Waals surface area contributed by atoms with Gasteiger partial charge >= 0.3 is 5.97 Å². The third kappa shape index (κ3) is 4.55. The maximum Gasteiger partial charge on any atom is 0.325 e. The van der Waals surface area contributed by atoms with Gasteiger partial charge in [0.2, 0.25) is 5.91 Å². The predicted molar refractivity (Wildman–Crippen MR) is 87.0 cm³/mol. The normalized spacial score (nSPS) is 16.6. The third-order valence-corrected chi connectivity index (χ3v) is 4.26. The van der Waals surface area contributed by atoms with Crippen molar-refractivity contribution in [1.29, 1.82) is 0 Å². The summed E-state index contributed by atoms with van der Waals surface area (Å²) in [7, 11) is 0. The van der Waals surface area contributed by atoms with Gasteiger partial charge in [-0.2, -0.15) is 0 Å². The Morgan fingerprint density at radius 3 is 2.57 bits per heavy atom. The first-order valence-electron chi connectivity index (χ1n) is 8.26. The van der Waals surface area contributed by atoms with Gasteiger partial charge in [-0.3, -0.25) is 9.59 Å². The van der Waals surface area contributed by atoms with Crippen LogP contribution in [0.25, 0.3) is 0 Å². The van der Waals surface area contributed by atoms with Crippen LogP contribution in [0.2, 0.25) is 0 Å². The maximum absolute atomic E-state index is 12.8. The molecule has 0 aliphatic carbocycles. The Bertz CT molecular complexity index is 509. The van der Waals surface area contributed by atoms with Crippen LogP contribution < -0.4 is 5.32 Å². The highest BCUT2D eigenvalue weighted by Crippen LogP contribution is 2.35. The van der Waals surface area contributed by atoms with Crippen LogP contribution in [0.3, 0.4) is 0 Å². The molecular weight excluding hydrogens is 294 g/mol. The van der Waals surface area contributed by atoms with Crippen LogP contribution in [0.5, 0.6) is 0 Å². The zero-order valence-corrected chi connectivity index (χ0v) is 13.7. The number of amides is 1. The number of hydrogen-bond donors (Lipinski definition) is 1. The molecule has 1 aliphatic rings. The Hall–Kier alpha value is -1.88. The van der Waals surface area contributed by atoms with Gasteiger partial charge in [0.1, 0.15) is 6.54 Å². The van der Waals surface area contributed by atoms with Crippen LogP contribution in [0.1, 0.15) is 38.2 Å². The molecule has 0 radical (unpaired) electrons. The highest BCUT2D eigenvalue weighted by Gasteiger charge is 2.41. The maximum atomic E-state index is 12.8. The number of carbonyl (C=O) groups excluding carboxylic acids is 2. The molecule has 0 aromatic heterocycles. The third-order valence-electron chi connectivity index (χ3n) is 4.26.